The van der Waals surface area contributed by atoms with Crippen LogP contribution < -0.4 is 0 Å². The Labute approximate surface area is 97.3 Å². The minimum atomic E-state index is -0.906. The van der Waals surface area contributed by atoms with Gasteiger partial charge in [0.05, 0.1) is 18.0 Å². The zero-order chi connectivity index (χ0) is 13.0. The van der Waals surface area contributed by atoms with Crippen molar-refractivity contribution in [1.29, 1.82) is 0 Å². The Morgan fingerprint density at radius 2 is 2.18 bits per heavy atom. The predicted octanol–water partition coefficient (Wildman–Crippen LogP) is 2.15. The van der Waals surface area contributed by atoms with Crippen LogP contribution in [0.1, 0.15) is 18.1 Å². The first kappa shape index (κ1) is 13.1. The largest absolute Gasteiger partial charge is 0.466 e. The summed E-state index contributed by atoms with van der Waals surface area (Å²) in [5.41, 5.74) is -0.459. The summed E-state index contributed by atoms with van der Waals surface area (Å²) in [5, 5.41) is 10.7. The van der Waals surface area contributed by atoms with Crippen molar-refractivity contribution in [2.75, 3.05) is 6.61 Å². The fourth-order valence-corrected chi connectivity index (χ4v) is 1.41. The van der Waals surface area contributed by atoms with Crippen molar-refractivity contribution in [2.24, 2.45) is 0 Å². The van der Waals surface area contributed by atoms with E-state index in [1.807, 2.05) is 0 Å². The Bertz CT molecular complexity index is 459. The lowest BCUT2D eigenvalue weighted by molar-refractivity contribution is -0.388. The number of benzene rings is 1. The number of nitro groups is 1. The third kappa shape index (κ3) is 2.99. The SMILES string of the molecule is CCOC(=O)Cc1ccc(C)c(F)c1[N+](=O)[O-]. The molecule has 0 aliphatic heterocycles. The highest BCUT2D eigenvalue weighted by Gasteiger charge is 2.23. The van der Waals surface area contributed by atoms with E-state index in [1.165, 1.54) is 19.1 Å². The Kier molecular flexibility index (Phi) is 4.14. The summed E-state index contributed by atoms with van der Waals surface area (Å²) in [6, 6.07) is 2.77. The lowest BCUT2D eigenvalue weighted by Crippen LogP contribution is -2.10. The summed E-state index contributed by atoms with van der Waals surface area (Å²) in [6.07, 6.45) is -0.304. The highest BCUT2D eigenvalue weighted by Crippen LogP contribution is 2.25. The van der Waals surface area contributed by atoms with E-state index in [-0.39, 0.29) is 24.2 Å². The van der Waals surface area contributed by atoms with Crippen LogP contribution in [0.25, 0.3) is 0 Å². The van der Waals surface area contributed by atoms with Gasteiger partial charge in [-0.2, -0.15) is 4.39 Å². The van der Waals surface area contributed by atoms with E-state index in [4.69, 9.17) is 0 Å². The molecular formula is C11H12FNO4. The van der Waals surface area contributed by atoms with Gasteiger partial charge in [0, 0.05) is 5.56 Å². The van der Waals surface area contributed by atoms with Gasteiger partial charge in [-0.15, -0.1) is 0 Å². The van der Waals surface area contributed by atoms with Gasteiger partial charge in [-0.25, -0.2) is 0 Å². The molecule has 1 aromatic rings. The first-order chi connectivity index (χ1) is 7.97. The number of ether oxygens (including phenoxy) is 1. The van der Waals surface area contributed by atoms with Gasteiger partial charge in [0.15, 0.2) is 0 Å². The van der Waals surface area contributed by atoms with Gasteiger partial charge >= 0.3 is 11.7 Å². The fourth-order valence-electron chi connectivity index (χ4n) is 1.41. The maximum atomic E-state index is 13.6. The maximum Gasteiger partial charge on any atom is 0.310 e. The summed E-state index contributed by atoms with van der Waals surface area (Å²) in [4.78, 5) is 21.1. The first-order valence-corrected chi connectivity index (χ1v) is 5.05. The standard InChI is InChI=1S/C11H12FNO4/c1-3-17-9(14)6-8-5-4-7(2)10(12)11(8)13(15)16/h4-5H,3,6H2,1-2H3. The first-order valence-electron chi connectivity index (χ1n) is 5.05. The van der Waals surface area contributed by atoms with Gasteiger partial charge in [-0.3, -0.25) is 14.9 Å². The van der Waals surface area contributed by atoms with Crippen LogP contribution in [-0.4, -0.2) is 17.5 Å². The minimum Gasteiger partial charge on any atom is -0.466 e. The van der Waals surface area contributed by atoms with Gasteiger partial charge < -0.3 is 4.74 Å². The molecule has 0 atom stereocenters. The number of hydrogen-bond acceptors (Lipinski definition) is 4. The van der Waals surface area contributed by atoms with Crippen LogP contribution >= 0.6 is 0 Å². The molecule has 0 aliphatic carbocycles. The molecule has 92 valence electrons. The summed E-state index contributed by atoms with van der Waals surface area (Å²) >= 11 is 0. The molecule has 0 fully saturated rings. The van der Waals surface area contributed by atoms with Gasteiger partial charge in [0.25, 0.3) is 0 Å². The van der Waals surface area contributed by atoms with Crippen molar-refractivity contribution in [3.8, 4) is 0 Å². The molecule has 1 rings (SSSR count). The third-order valence-electron chi connectivity index (χ3n) is 2.22. The Balaban J connectivity index is 3.11. The van der Waals surface area contributed by atoms with E-state index in [2.05, 4.69) is 4.74 Å². The maximum absolute atomic E-state index is 13.6. The molecule has 1 aromatic carbocycles. The topological polar surface area (TPSA) is 69.4 Å². The second-order valence-electron chi connectivity index (χ2n) is 3.44. The second-order valence-corrected chi connectivity index (χ2v) is 3.44. The normalized spacial score (nSPS) is 10.1. The zero-order valence-electron chi connectivity index (χ0n) is 9.53. The Morgan fingerprint density at radius 1 is 1.53 bits per heavy atom. The number of hydrogen-bond donors (Lipinski definition) is 0. The Hall–Kier alpha value is -1.98. The van der Waals surface area contributed by atoms with Crippen LogP contribution in [-0.2, 0) is 16.0 Å². The van der Waals surface area contributed by atoms with E-state index >= 15 is 0 Å². The number of carbonyl (C=O) groups is 1. The number of rotatable bonds is 4. The van der Waals surface area contributed by atoms with E-state index < -0.39 is 22.4 Å². The van der Waals surface area contributed by atoms with Crippen LogP contribution in [0.4, 0.5) is 10.1 Å². The average Bonchev–Trinajstić information content (AvgIpc) is 2.23. The molecule has 17 heavy (non-hydrogen) atoms. The summed E-state index contributed by atoms with van der Waals surface area (Å²) in [5.74, 6) is -1.52. The lowest BCUT2D eigenvalue weighted by Gasteiger charge is -2.05. The van der Waals surface area contributed by atoms with E-state index in [0.717, 1.165) is 0 Å². The highest BCUT2D eigenvalue weighted by atomic mass is 19.1. The molecule has 0 aliphatic rings. The molecule has 0 amide bonds. The van der Waals surface area contributed by atoms with Crippen LogP contribution in [0.5, 0.6) is 0 Å². The van der Waals surface area contributed by atoms with Crippen LogP contribution in [0.15, 0.2) is 12.1 Å². The van der Waals surface area contributed by atoms with Crippen LogP contribution in [0.2, 0.25) is 0 Å². The predicted molar refractivity (Wildman–Crippen MR) is 58.1 cm³/mol. The molecule has 0 saturated heterocycles. The summed E-state index contributed by atoms with van der Waals surface area (Å²) < 4.78 is 18.2. The van der Waals surface area contributed by atoms with E-state index in [9.17, 15) is 19.3 Å². The smallest absolute Gasteiger partial charge is 0.310 e. The number of halogens is 1. The second kappa shape index (κ2) is 5.38. The number of esters is 1. The quantitative estimate of drug-likeness (QED) is 0.460. The van der Waals surface area contributed by atoms with Crippen molar-refractivity contribution in [3.63, 3.8) is 0 Å². The van der Waals surface area contributed by atoms with Gasteiger partial charge in [-0.1, -0.05) is 12.1 Å². The summed E-state index contributed by atoms with van der Waals surface area (Å²) in [7, 11) is 0. The molecule has 5 nitrogen and oxygen atoms in total. The molecule has 0 N–H and O–H groups in total. The summed E-state index contributed by atoms with van der Waals surface area (Å²) in [6.45, 7) is 3.24. The number of carbonyl (C=O) groups excluding carboxylic acids is 1. The van der Waals surface area contributed by atoms with Crippen molar-refractivity contribution in [1.82, 2.24) is 0 Å². The average molecular weight is 241 g/mol. The Morgan fingerprint density at radius 3 is 2.71 bits per heavy atom. The zero-order valence-corrected chi connectivity index (χ0v) is 9.53. The molecule has 0 unspecified atom stereocenters. The molecule has 0 heterocycles. The number of aryl methyl sites for hydroxylation is 1. The van der Waals surface area contributed by atoms with E-state index in [0.29, 0.717) is 0 Å². The molecule has 0 bridgehead atoms. The van der Waals surface area contributed by atoms with Crippen molar-refractivity contribution < 1.29 is 18.8 Å². The molecule has 0 aromatic heterocycles. The molecule has 0 radical (unpaired) electrons. The van der Waals surface area contributed by atoms with Gasteiger partial charge in [-0.05, 0) is 19.4 Å². The molecule has 0 spiro atoms. The van der Waals surface area contributed by atoms with Gasteiger partial charge in [0.1, 0.15) is 0 Å². The lowest BCUT2D eigenvalue weighted by atomic mass is 10.1. The number of nitro benzene ring substituents is 1. The highest BCUT2D eigenvalue weighted by molar-refractivity contribution is 5.74. The van der Waals surface area contributed by atoms with Crippen LogP contribution in [0, 0.1) is 22.9 Å². The van der Waals surface area contributed by atoms with Crippen molar-refractivity contribution in [2.45, 2.75) is 20.3 Å². The molecule has 6 heteroatoms. The van der Waals surface area contributed by atoms with Crippen LogP contribution in [0.3, 0.4) is 0 Å². The van der Waals surface area contributed by atoms with Gasteiger partial charge in [0.2, 0.25) is 5.82 Å². The van der Waals surface area contributed by atoms with Crippen molar-refractivity contribution >= 4 is 11.7 Å². The monoisotopic (exact) mass is 241 g/mol. The molecule has 0 saturated carbocycles. The van der Waals surface area contributed by atoms with E-state index in [1.54, 1.807) is 6.92 Å². The number of nitrogens with zero attached hydrogens (tertiary/aromatic N) is 1. The van der Waals surface area contributed by atoms with Crippen molar-refractivity contribution in [3.05, 3.63) is 39.2 Å². The minimum absolute atomic E-state index is 0.0246. The third-order valence-corrected chi connectivity index (χ3v) is 2.22. The molecular weight excluding hydrogens is 229 g/mol. The fraction of sp³-hybridized carbons (Fsp3) is 0.364.